The van der Waals surface area contributed by atoms with E-state index in [1.807, 2.05) is 53.4 Å². The molecule has 0 bridgehead atoms. The highest BCUT2D eigenvalue weighted by molar-refractivity contribution is 5.68. The number of anilines is 1. The van der Waals surface area contributed by atoms with E-state index < -0.39 is 6.23 Å². The van der Waals surface area contributed by atoms with Gasteiger partial charge in [-0.05, 0) is 28.8 Å². The number of aliphatic hydroxyl groups is 1. The number of rotatable bonds is 9. The van der Waals surface area contributed by atoms with Gasteiger partial charge in [-0.3, -0.25) is 0 Å². The Labute approximate surface area is 199 Å². The third-order valence-electron chi connectivity index (χ3n) is 5.91. The number of ether oxygens (including phenoxy) is 5. The van der Waals surface area contributed by atoms with Crippen LogP contribution < -0.4 is 28.6 Å². The molecule has 0 aromatic heterocycles. The lowest BCUT2D eigenvalue weighted by Crippen LogP contribution is -2.52. The van der Waals surface area contributed by atoms with Crippen molar-refractivity contribution in [3.63, 3.8) is 0 Å². The van der Waals surface area contributed by atoms with Crippen molar-refractivity contribution in [3.05, 3.63) is 83.9 Å². The molecular formula is C27H29NO6. The summed E-state index contributed by atoms with van der Waals surface area (Å²) in [5, 5.41) is 10.8. The summed E-state index contributed by atoms with van der Waals surface area (Å²) in [6, 6.07) is 19.0. The minimum Gasteiger partial charge on any atom is -0.493 e. The van der Waals surface area contributed by atoms with Crippen molar-refractivity contribution in [3.8, 4) is 28.7 Å². The molecule has 178 valence electrons. The molecule has 2 atom stereocenters. The summed E-state index contributed by atoms with van der Waals surface area (Å²) in [6.07, 6.45) is -0.858. The largest absolute Gasteiger partial charge is 0.493 e. The Morgan fingerprint density at radius 1 is 0.794 bits per heavy atom. The first-order valence-electron chi connectivity index (χ1n) is 10.8. The van der Waals surface area contributed by atoms with E-state index >= 15 is 0 Å². The summed E-state index contributed by atoms with van der Waals surface area (Å²) in [4.78, 5) is 1.84. The lowest BCUT2D eigenvalue weighted by molar-refractivity contribution is 0.144. The van der Waals surface area contributed by atoms with Gasteiger partial charge in [0.25, 0.3) is 0 Å². The highest BCUT2D eigenvalue weighted by Crippen LogP contribution is 2.50. The van der Waals surface area contributed by atoms with E-state index in [4.69, 9.17) is 23.7 Å². The third kappa shape index (κ3) is 4.22. The van der Waals surface area contributed by atoms with E-state index in [0.29, 0.717) is 46.6 Å². The fourth-order valence-electron chi connectivity index (χ4n) is 4.15. The summed E-state index contributed by atoms with van der Waals surface area (Å²) in [5.41, 5.74) is 3.35. The molecule has 4 rings (SSSR count). The Morgan fingerprint density at radius 2 is 1.44 bits per heavy atom. The molecule has 1 aliphatic heterocycles. The highest BCUT2D eigenvalue weighted by Gasteiger charge is 2.43. The number of methoxy groups -OCH3 is 4. The van der Waals surface area contributed by atoms with Gasteiger partial charge in [0.2, 0.25) is 5.75 Å². The van der Waals surface area contributed by atoms with Gasteiger partial charge in [-0.15, -0.1) is 0 Å². The second kappa shape index (κ2) is 9.97. The molecular weight excluding hydrogens is 434 g/mol. The summed E-state index contributed by atoms with van der Waals surface area (Å²) in [7, 11) is 6.28. The molecule has 3 aromatic rings. The maximum Gasteiger partial charge on any atom is 0.203 e. The molecule has 34 heavy (non-hydrogen) atoms. The highest BCUT2D eigenvalue weighted by atomic mass is 16.5. The molecule has 0 amide bonds. The Balaban J connectivity index is 1.67. The first kappa shape index (κ1) is 23.3. The van der Waals surface area contributed by atoms with E-state index in [2.05, 4.69) is 6.58 Å². The zero-order valence-corrected chi connectivity index (χ0v) is 19.8. The van der Waals surface area contributed by atoms with Crippen LogP contribution in [0.1, 0.15) is 17.2 Å². The van der Waals surface area contributed by atoms with E-state index in [9.17, 15) is 5.11 Å². The van der Waals surface area contributed by atoms with Crippen molar-refractivity contribution in [2.45, 2.75) is 18.9 Å². The summed E-state index contributed by atoms with van der Waals surface area (Å²) in [5.74, 6) is 2.73. The Hall–Kier alpha value is -3.84. The van der Waals surface area contributed by atoms with Gasteiger partial charge in [0.1, 0.15) is 6.61 Å². The van der Waals surface area contributed by atoms with Gasteiger partial charge in [-0.1, -0.05) is 43.0 Å². The molecule has 2 unspecified atom stereocenters. The van der Waals surface area contributed by atoms with Crippen LogP contribution in [0.4, 0.5) is 5.69 Å². The molecule has 7 nitrogen and oxygen atoms in total. The van der Waals surface area contributed by atoms with Crippen molar-refractivity contribution < 1.29 is 28.8 Å². The molecule has 1 saturated heterocycles. The fraction of sp³-hybridized carbons (Fsp3) is 0.259. The van der Waals surface area contributed by atoms with Gasteiger partial charge in [-0.2, -0.15) is 0 Å². The third-order valence-corrected chi connectivity index (χ3v) is 5.91. The molecule has 0 aliphatic carbocycles. The summed E-state index contributed by atoms with van der Waals surface area (Å²) < 4.78 is 28.0. The lowest BCUT2D eigenvalue weighted by Gasteiger charge is -2.49. The van der Waals surface area contributed by atoms with Crippen LogP contribution in [0.15, 0.2) is 72.8 Å². The molecule has 0 radical (unpaired) electrons. The number of aliphatic hydroxyl groups excluding tert-OH is 1. The van der Waals surface area contributed by atoms with Crippen molar-refractivity contribution in [1.29, 1.82) is 0 Å². The van der Waals surface area contributed by atoms with Crippen LogP contribution >= 0.6 is 0 Å². The first-order valence-corrected chi connectivity index (χ1v) is 10.8. The standard InChI is InChI=1S/C27H29NO6/c1-17-25(28(27(17)29)20-14-23(31-3)26(33-5)24(15-20)32-4)19-11-12-21(30-2)22(13-19)34-16-18-9-7-6-8-10-18/h6-15,25,27,29H,1,16H2,2-5H3. The second-order valence-electron chi connectivity index (χ2n) is 7.83. The normalized spacial score (nSPS) is 17.1. The topological polar surface area (TPSA) is 69.6 Å². The van der Waals surface area contributed by atoms with Gasteiger partial charge >= 0.3 is 0 Å². The zero-order valence-electron chi connectivity index (χ0n) is 19.8. The lowest BCUT2D eigenvalue weighted by atomic mass is 9.87. The van der Waals surface area contributed by atoms with Crippen molar-refractivity contribution in [1.82, 2.24) is 0 Å². The van der Waals surface area contributed by atoms with Gasteiger partial charge in [0, 0.05) is 17.8 Å². The Morgan fingerprint density at radius 3 is 2.03 bits per heavy atom. The average Bonchev–Trinajstić information content (AvgIpc) is 2.89. The summed E-state index contributed by atoms with van der Waals surface area (Å²) >= 11 is 0. The van der Waals surface area contributed by atoms with Gasteiger partial charge in [-0.25, -0.2) is 0 Å². The minimum atomic E-state index is -0.858. The van der Waals surface area contributed by atoms with Gasteiger partial charge in [0.05, 0.1) is 34.5 Å². The van der Waals surface area contributed by atoms with Gasteiger partial charge < -0.3 is 33.7 Å². The average molecular weight is 464 g/mol. The number of nitrogens with zero attached hydrogens (tertiary/aromatic N) is 1. The van der Waals surface area contributed by atoms with E-state index in [0.717, 1.165) is 11.1 Å². The first-order chi connectivity index (χ1) is 16.5. The van der Waals surface area contributed by atoms with Crippen LogP contribution in [0.5, 0.6) is 28.7 Å². The van der Waals surface area contributed by atoms with Crippen LogP contribution in [-0.2, 0) is 6.61 Å². The summed E-state index contributed by atoms with van der Waals surface area (Å²) in [6.45, 7) is 4.52. The molecule has 0 spiro atoms. The van der Waals surface area contributed by atoms with E-state index in [1.54, 1.807) is 40.6 Å². The van der Waals surface area contributed by atoms with Crippen LogP contribution in [0.25, 0.3) is 0 Å². The number of hydrogen-bond acceptors (Lipinski definition) is 7. The Kier molecular flexibility index (Phi) is 6.84. The maximum absolute atomic E-state index is 10.8. The predicted octanol–water partition coefficient (Wildman–Crippen LogP) is 4.74. The van der Waals surface area contributed by atoms with Crippen LogP contribution in [-0.4, -0.2) is 39.8 Å². The quantitative estimate of drug-likeness (QED) is 0.460. The predicted molar refractivity (Wildman–Crippen MR) is 130 cm³/mol. The fourth-order valence-corrected chi connectivity index (χ4v) is 4.15. The molecule has 7 heteroatoms. The van der Waals surface area contributed by atoms with Crippen LogP contribution in [0.2, 0.25) is 0 Å². The van der Waals surface area contributed by atoms with Crippen molar-refractivity contribution in [2.24, 2.45) is 0 Å². The van der Waals surface area contributed by atoms with Crippen molar-refractivity contribution in [2.75, 3.05) is 33.3 Å². The minimum absolute atomic E-state index is 0.275. The maximum atomic E-state index is 10.8. The van der Waals surface area contributed by atoms with E-state index in [1.165, 1.54) is 0 Å². The number of benzene rings is 3. The molecule has 3 aromatic carbocycles. The molecule has 1 aliphatic rings. The zero-order chi connectivity index (χ0) is 24.2. The number of hydrogen-bond donors (Lipinski definition) is 1. The van der Waals surface area contributed by atoms with Crippen molar-refractivity contribution >= 4 is 5.69 Å². The monoisotopic (exact) mass is 463 g/mol. The second-order valence-corrected chi connectivity index (χ2v) is 7.83. The van der Waals surface area contributed by atoms with Crippen LogP contribution in [0, 0.1) is 0 Å². The smallest absolute Gasteiger partial charge is 0.203 e. The molecule has 1 fully saturated rings. The molecule has 0 saturated carbocycles. The van der Waals surface area contributed by atoms with Gasteiger partial charge in [0.15, 0.2) is 29.2 Å². The molecule has 1 N–H and O–H groups in total. The van der Waals surface area contributed by atoms with E-state index in [-0.39, 0.29) is 6.04 Å². The Bertz CT molecular complexity index is 1140. The SMILES string of the molecule is C=C1C(O)N(c2cc(OC)c(OC)c(OC)c2)C1c1ccc(OC)c(OCc2ccccc2)c1. The molecule has 1 heterocycles. The van der Waals surface area contributed by atoms with Crippen LogP contribution in [0.3, 0.4) is 0 Å².